The third-order valence-corrected chi connectivity index (χ3v) is 4.71. The highest BCUT2D eigenvalue weighted by atomic mass is 16.2. The van der Waals surface area contributed by atoms with Crippen LogP contribution in [0.25, 0.3) is 0 Å². The fourth-order valence-corrected chi connectivity index (χ4v) is 3.17. The number of aryl methyl sites for hydroxylation is 2. The number of carbonyl (C=O) groups excluding carboxylic acids is 1. The molecule has 6 nitrogen and oxygen atoms in total. The van der Waals surface area contributed by atoms with Crippen molar-refractivity contribution in [3.8, 4) is 0 Å². The summed E-state index contributed by atoms with van der Waals surface area (Å²) in [7, 11) is 1.69. The third-order valence-electron chi connectivity index (χ3n) is 4.71. The van der Waals surface area contributed by atoms with Crippen molar-refractivity contribution in [2.75, 3.05) is 13.1 Å². The number of pyridine rings is 1. The quantitative estimate of drug-likeness (QED) is 0.844. The van der Waals surface area contributed by atoms with Crippen LogP contribution in [0.4, 0.5) is 0 Å². The number of carbonyl (C=O) groups is 1. The van der Waals surface area contributed by atoms with Crippen molar-refractivity contribution in [2.45, 2.75) is 32.6 Å². The van der Waals surface area contributed by atoms with E-state index in [9.17, 15) is 9.59 Å². The maximum Gasteiger partial charge on any atom is 0.263 e. The average molecular weight is 326 g/mol. The van der Waals surface area contributed by atoms with Crippen molar-refractivity contribution in [2.24, 2.45) is 7.05 Å². The zero-order chi connectivity index (χ0) is 17.3. The molecule has 1 aliphatic rings. The summed E-state index contributed by atoms with van der Waals surface area (Å²) in [5.41, 5.74) is 1.81. The molecular formula is C18H22N4O2. The number of aromatic nitrogens is 3. The van der Waals surface area contributed by atoms with Crippen LogP contribution >= 0.6 is 0 Å². The Morgan fingerprint density at radius 3 is 2.79 bits per heavy atom. The summed E-state index contributed by atoms with van der Waals surface area (Å²) in [4.78, 5) is 35.6. The zero-order valence-electron chi connectivity index (χ0n) is 14.3. The normalized spacial score (nSPS) is 17.8. The molecule has 0 unspecified atom stereocenters. The first kappa shape index (κ1) is 16.4. The van der Waals surface area contributed by atoms with E-state index in [0.29, 0.717) is 13.1 Å². The minimum absolute atomic E-state index is 0.189. The number of hydrogen-bond donors (Lipinski definition) is 0. The molecule has 0 aromatic carbocycles. The summed E-state index contributed by atoms with van der Waals surface area (Å²) in [6.45, 7) is 4.98. The lowest BCUT2D eigenvalue weighted by Gasteiger charge is -2.32. The molecule has 0 aliphatic carbocycles. The number of hydrogen-bond acceptors (Lipinski definition) is 4. The van der Waals surface area contributed by atoms with Gasteiger partial charge in [0.15, 0.2) is 0 Å². The molecular weight excluding hydrogens is 304 g/mol. The summed E-state index contributed by atoms with van der Waals surface area (Å²) in [6, 6.07) is 5.36. The average Bonchev–Trinajstić information content (AvgIpc) is 2.59. The summed E-state index contributed by atoms with van der Waals surface area (Å²) >= 11 is 0. The van der Waals surface area contributed by atoms with Gasteiger partial charge in [0.25, 0.3) is 11.5 Å². The SMILES string of the molecule is Cc1nccc([C@H]2CCCN(C(=O)c3ccc(C)n(C)c3=O)C2)n1. The highest BCUT2D eigenvalue weighted by Gasteiger charge is 2.27. The fraction of sp³-hybridized carbons (Fsp3) is 0.444. The Kier molecular flexibility index (Phi) is 4.46. The van der Waals surface area contributed by atoms with Crippen molar-refractivity contribution in [3.63, 3.8) is 0 Å². The maximum atomic E-state index is 12.8. The number of piperidine rings is 1. The smallest absolute Gasteiger partial charge is 0.263 e. The molecule has 1 amide bonds. The topological polar surface area (TPSA) is 68.1 Å². The molecule has 0 N–H and O–H groups in total. The minimum Gasteiger partial charge on any atom is -0.338 e. The minimum atomic E-state index is -0.236. The molecule has 1 saturated heterocycles. The van der Waals surface area contributed by atoms with Crippen molar-refractivity contribution in [1.82, 2.24) is 19.4 Å². The summed E-state index contributed by atoms with van der Waals surface area (Å²) in [5, 5.41) is 0. The highest BCUT2D eigenvalue weighted by molar-refractivity contribution is 5.94. The number of amides is 1. The van der Waals surface area contributed by atoms with Gasteiger partial charge in [0.2, 0.25) is 0 Å². The van der Waals surface area contributed by atoms with Crippen LogP contribution in [-0.2, 0) is 7.05 Å². The molecule has 24 heavy (non-hydrogen) atoms. The Hall–Kier alpha value is -2.50. The van der Waals surface area contributed by atoms with Gasteiger partial charge in [-0.15, -0.1) is 0 Å². The van der Waals surface area contributed by atoms with E-state index in [4.69, 9.17) is 0 Å². The second-order valence-corrected chi connectivity index (χ2v) is 6.37. The largest absolute Gasteiger partial charge is 0.338 e. The van der Waals surface area contributed by atoms with Gasteiger partial charge in [0.1, 0.15) is 11.4 Å². The van der Waals surface area contributed by atoms with Crippen LogP contribution in [0, 0.1) is 13.8 Å². The van der Waals surface area contributed by atoms with Crippen LogP contribution in [-0.4, -0.2) is 38.4 Å². The van der Waals surface area contributed by atoms with Gasteiger partial charge in [-0.25, -0.2) is 9.97 Å². The van der Waals surface area contributed by atoms with Crippen LogP contribution in [0.2, 0.25) is 0 Å². The van der Waals surface area contributed by atoms with Crippen LogP contribution in [0.1, 0.15) is 46.3 Å². The molecule has 2 aromatic rings. The van der Waals surface area contributed by atoms with E-state index in [0.717, 1.165) is 30.1 Å². The number of rotatable bonds is 2. The van der Waals surface area contributed by atoms with Crippen LogP contribution < -0.4 is 5.56 Å². The van der Waals surface area contributed by atoms with E-state index >= 15 is 0 Å². The molecule has 0 spiro atoms. The van der Waals surface area contributed by atoms with Gasteiger partial charge < -0.3 is 9.47 Å². The molecule has 0 radical (unpaired) electrons. The van der Waals surface area contributed by atoms with E-state index < -0.39 is 0 Å². The van der Waals surface area contributed by atoms with Crippen LogP contribution in [0.5, 0.6) is 0 Å². The van der Waals surface area contributed by atoms with Gasteiger partial charge in [-0.05, 0) is 44.9 Å². The Morgan fingerprint density at radius 1 is 1.25 bits per heavy atom. The highest BCUT2D eigenvalue weighted by Crippen LogP contribution is 2.26. The second-order valence-electron chi connectivity index (χ2n) is 6.37. The van der Waals surface area contributed by atoms with Crippen molar-refractivity contribution < 1.29 is 4.79 Å². The Morgan fingerprint density at radius 2 is 2.04 bits per heavy atom. The molecule has 6 heteroatoms. The van der Waals surface area contributed by atoms with E-state index in [1.807, 2.05) is 26.0 Å². The van der Waals surface area contributed by atoms with Gasteiger partial charge in [-0.2, -0.15) is 0 Å². The molecule has 3 rings (SSSR count). The molecule has 2 aromatic heterocycles. The Labute approximate surface area is 141 Å². The van der Waals surface area contributed by atoms with Gasteiger partial charge in [-0.1, -0.05) is 0 Å². The van der Waals surface area contributed by atoms with E-state index in [-0.39, 0.29) is 22.9 Å². The lowest BCUT2D eigenvalue weighted by molar-refractivity contribution is 0.0703. The molecule has 126 valence electrons. The number of likely N-dealkylation sites (tertiary alicyclic amines) is 1. The van der Waals surface area contributed by atoms with E-state index in [1.54, 1.807) is 24.2 Å². The molecule has 3 heterocycles. The molecule has 0 bridgehead atoms. The standard InChI is InChI=1S/C18H22N4O2/c1-12-6-7-15(17(23)21(12)3)18(24)22-10-4-5-14(11-22)16-8-9-19-13(2)20-16/h6-9,14H,4-5,10-11H2,1-3H3/t14-/m0/s1. The van der Waals surface area contributed by atoms with Gasteiger partial charge in [0.05, 0.1) is 0 Å². The predicted molar refractivity (Wildman–Crippen MR) is 91.1 cm³/mol. The van der Waals surface area contributed by atoms with Gasteiger partial charge in [0, 0.05) is 43.6 Å². The van der Waals surface area contributed by atoms with Crippen molar-refractivity contribution in [3.05, 3.63) is 57.5 Å². The predicted octanol–water partition coefficient (Wildman–Crippen LogP) is 1.81. The van der Waals surface area contributed by atoms with Crippen molar-refractivity contribution in [1.29, 1.82) is 0 Å². The first-order valence-corrected chi connectivity index (χ1v) is 8.23. The summed E-state index contributed by atoms with van der Waals surface area (Å²) in [5.74, 6) is 0.744. The Balaban J connectivity index is 1.83. The molecule has 1 fully saturated rings. The molecule has 1 atom stereocenters. The van der Waals surface area contributed by atoms with Crippen LogP contribution in [0.3, 0.4) is 0 Å². The Bertz CT molecular complexity index is 828. The van der Waals surface area contributed by atoms with Crippen LogP contribution in [0.15, 0.2) is 29.2 Å². The van der Waals surface area contributed by atoms with Gasteiger partial charge >= 0.3 is 0 Å². The van der Waals surface area contributed by atoms with E-state index in [1.165, 1.54) is 4.57 Å². The third kappa shape index (κ3) is 3.09. The molecule has 0 saturated carbocycles. The lowest BCUT2D eigenvalue weighted by Crippen LogP contribution is -2.42. The first-order valence-electron chi connectivity index (χ1n) is 8.23. The van der Waals surface area contributed by atoms with Crippen molar-refractivity contribution >= 4 is 5.91 Å². The van der Waals surface area contributed by atoms with E-state index in [2.05, 4.69) is 9.97 Å². The van der Waals surface area contributed by atoms with Gasteiger partial charge in [-0.3, -0.25) is 9.59 Å². The second kappa shape index (κ2) is 6.55. The fourth-order valence-electron chi connectivity index (χ4n) is 3.17. The lowest BCUT2D eigenvalue weighted by atomic mass is 9.94. The monoisotopic (exact) mass is 326 g/mol. The zero-order valence-corrected chi connectivity index (χ0v) is 14.3. The summed E-state index contributed by atoms with van der Waals surface area (Å²) in [6.07, 6.45) is 3.66. The molecule has 1 aliphatic heterocycles. The first-order chi connectivity index (χ1) is 11.5. The maximum absolute atomic E-state index is 12.8. The summed E-state index contributed by atoms with van der Waals surface area (Å²) < 4.78 is 1.52. The number of nitrogens with zero attached hydrogens (tertiary/aromatic N) is 4.